The molecule has 5 heteroatoms. The summed E-state index contributed by atoms with van der Waals surface area (Å²) in [6, 6.07) is -0.545. The number of amides is 2. The standard InChI is InChI=1S/C12H21FN2O2/c1-5-8(2)9-10(16)14-12(3,4)11(17)15(9)7-6-13/h8-9H,5-7H2,1-4H3,(H,14,16). The molecule has 0 saturated carbocycles. The molecule has 1 rings (SSSR count). The Morgan fingerprint density at radius 2 is 2.06 bits per heavy atom. The molecule has 2 atom stereocenters. The highest BCUT2D eigenvalue weighted by Gasteiger charge is 2.46. The van der Waals surface area contributed by atoms with Crippen molar-refractivity contribution in [3.8, 4) is 0 Å². The number of hydrogen-bond acceptors (Lipinski definition) is 2. The Balaban J connectivity index is 3.02. The molecule has 0 aliphatic carbocycles. The van der Waals surface area contributed by atoms with E-state index < -0.39 is 18.3 Å². The van der Waals surface area contributed by atoms with Crippen LogP contribution in [-0.2, 0) is 9.59 Å². The molecular formula is C12H21FN2O2. The highest BCUT2D eigenvalue weighted by atomic mass is 19.1. The molecule has 0 aromatic heterocycles. The van der Waals surface area contributed by atoms with Gasteiger partial charge in [0.25, 0.3) is 0 Å². The minimum Gasteiger partial charge on any atom is -0.340 e. The lowest BCUT2D eigenvalue weighted by atomic mass is 9.89. The van der Waals surface area contributed by atoms with Crippen molar-refractivity contribution in [2.75, 3.05) is 13.2 Å². The SMILES string of the molecule is CCC(C)C1C(=O)NC(C)(C)C(=O)N1CCF. The number of nitrogens with zero attached hydrogens (tertiary/aromatic N) is 1. The average Bonchev–Trinajstić information content (AvgIpc) is 2.24. The Morgan fingerprint density at radius 1 is 1.47 bits per heavy atom. The minimum atomic E-state index is -0.934. The molecule has 1 aliphatic rings. The minimum absolute atomic E-state index is 0.00924. The number of rotatable bonds is 4. The number of piperazine rings is 1. The molecule has 0 aromatic carbocycles. The molecule has 4 nitrogen and oxygen atoms in total. The first kappa shape index (κ1) is 13.9. The lowest BCUT2D eigenvalue weighted by molar-refractivity contribution is -0.155. The Morgan fingerprint density at radius 3 is 2.53 bits per heavy atom. The maximum absolute atomic E-state index is 12.5. The molecule has 1 aliphatic heterocycles. The highest BCUT2D eigenvalue weighted by molar-refractivity contribution is 5.99. The average molecular weight is 244 g/mol. The van der Waals surface area contributed by atoms with E-state index in [2.05, 4.69) is 5.32 Å². The third-order valence-corrected chi connectivity index (χ3v) is 3.34. The first-order valence-electron chi connectivity index (χ1n) is 6.04. The topological polar surface area (TPSA) is 49.4 Å². The number of alkyl halides is 1. The van der Waals surface area contributed by atoms with Crippen LogP contribution in [0.4, 0.5) is 4.39 Å². The number of carbonyl (C=O) groups excluding carboxylic acids is 2. The lowest BCUT2D eigenvalue weighted by Gasteiger charge is -2.44. The van der Waals surface area contributed by atoms with Crippen LogP contribution in [0.3, 0.4) is 0 Å². The molecule has 1 fully saturated rings. The van der Waals surface area contributed by atoms with Crippen molar-refractivity contribution in [3.63, 3.8) is 0 Å². The van der Waals surface area contributed by atoms with Crippen LogP contribution in [0.1, 0.15) is 34.1 Å². The van der Waals surface area contributed by atoms with Gasteiger partial charge >= 0.3 is 0 Å². The van der Waals surface area contributed by atoms with Crippen LogP contribution in [0.15, 0.2) is 0 Å². The van der Waals surface area contributed by atoms with Crippen molar-refractivity contribution in [3.05, 3.63) is 0 Å². The number of carbonyl (C=O) groups is 2. The summed E-state index contributed by atoms with van der Waals surface area (Å²) in [5.41, 5.74) is -0.934. The summed E-state index contributed by atoms with van der Waals surface area (Å²) < 4.78 is 12.5. The Kier molecular flexibility index (Phi) is 4.11. The van der Waals surface area contributed by atoms with Crippen LogP contribution in [0, 0.1) is 5.92 Å². The monoisotopic (exact) mass is 244 g/mol. The van der Waals surface area contributed by atoms with E-state index in [-0.39, 0.29) is 24.3 Å². The third-order valence-electron chi connectivity index (χ3n) is 3.34. The number of halogens is 1. The molecule has 2 unspecified atom stereocenters. The van der Waals surface area contributed by atoms with Gasteiger partial charge in [0.05, 0.1) is 0 Å². The van der Waals surface area contributed by atoms with Crippen molar-refractivity contribution in [1.82, 2.24) is 10.2 Å². The molecule has 17 heavy (non-hydrogen) atoms. The summed E-state index contributed by atoms with van der Waals surface area (Å²) >= 11 is 0. The summed E-state index contributed by atoms with van der Waals surface area (Å²) in [7, 11) is 0. The lowest BCUT2D eigenvalue weighted by Crippen LogP contribution is -2.69. The molecule has 1 saturated heterocycles. The smallest absolute Gasteiger partial charge is 0.248 e. The largest absolute Gasteiger partial charge is 0.340 e. The van der Waals surface area contributed by atoms with E-state index in [1.54, 1.807) is 13.8 Å². The summed E-state index contributed by atoms with van der Waals surface area (Å²) in [5, 5.41) is 2.71. The van der Waals surface area contributed by atoms with Gasteiger partial charge in [0.15, 0.2) is 0 Å². The van der Waals surface area contributed by atoms with E-state index >= 15 is 0 Å². The maximum atomic E-state index is 12.5. The zero-order valence-electron chi connectivity index (χ0n) is 10.9. The predicted octanol–water partition coefficient (Wildman–Crippen LogP) is 1.11. The van der Waals surface area contributed by atoms with Gasteiger partial charge in [-0.15, -0.1) is 0 Å². The maximum Gasteiger partial charge on any atom is 0.248 e. The third kappa shape index (κ3) is 2.58. The van der Waals surface area contributed by atoms with Gasteiger partial charge in [-0.05, 0) is 19.8 Å². The summed E-state index contributed by atoms with van der Waals surface area (Å²) in [6.45, 7) is 6.51. The van der Waals surface area contributed by atoms with Crippen molar-refractivity contribution >= 4 is 11.8 Å². The van der Waals surface area contributed by atoms with Gasteiger partial charge in [0.2, 0.25) is 11.8 Å². The number of hydrogen-bond donors (Lipinski definition) is 1. The molecule has 0 aromatic rings. The zero-order chi connectivity index (χ0) is 13.2. The molecular weight excluding hydrogens is 223 g/mol. The molecule has 0 spiro atoms. The van der Waals surface area contributed by atoms with Gasteiger partial charge in [0.1, 0.15) is 18.3 Å². The first-order chi connectivity index (χ1) is 7.85. The van der Waals surface area contributed by atoms with Crippen LogP contribution in [-0.4, -0.2) is 41.5 Å². The summed E-state index contributed by atoms with van der Waals surface area (Å²) in [4.78, 5) is 25.6. The molecule has 0 bridgehead atoms. The fraction of sp³-hybridized carbons (Fsp3) is 0.833. The van der Waals surface area contributed by atoms with E-state index in [0.29, 0.717) is 0 Å². The summed E-state index contributed by atoms with van der Waals surface area (Å²) in [6.07, 6.45) is 0.772. The Hall–Kier alpha value is -1.13. The van der Waals surface area contributed by atoms with Crippen LogP contribution in [0.25, 0.3) is 0 Å². The zero-order valence-corrected chi connectivity index (χ0v) is 10.9. The Labute approximate surface area is 102 Å². The van der Waals surface area contributed by atoms with Gasteiger partial charge in [-0.3, -0.25) is 9.59 Å². The van der Waals surface area contributed by atoms with Crippen LogP contribution in [0.5, 0.6) is 0 Å². The van der Waals surface area contributed by atoms with E-state index in [1.165, 1.54) is 4.90 Å². The summed E-state index contributed by atoms with van der Waals surface area (Å²) in [5.74, 6) is -0.362. The molecule has 2 amide bonds. The first-order valence-corrected chi connectivity index (χ1v) is 6.04. The van der Waals surface area contributed by atoms with Gasteiger partial charge < -0.3 is 10.2 Å². The highest BCUT2D eigenvalue weighted by Crippen LogP contribution is 2.24. The van der Waals surface area contributed by atoms with Crippen molar-refractivity contribution < 1.29 is 14.0 Å². The fourth-order valence-electron chi connectivity index (χ4n) is 2.18. The van der Waals surface area contributed by atoms with Crippen LogP contribution >= 0.6 is 0 Å². The predicted molar refractivity (Wildman–Crippen MR) is 63.2 cm³/mol. The van der Waals surface area contributed by atoms with Crippen LogP contribution < -0.4 is 5.32 Å². The molecule has 98 valence electrons. The second-order valence-corrected chi connectivity index (χ2v) is 5.13. The van der Waals surface area contributed by atoms with Gasteiger partial charge in [-0.2, -0.15) is 0 Å². The van der Waals surface area contributed by atoms with E-state index in [9.17, 15) is 14.0 Å². The van der Waals surface area contributed by atoms with Crippen molar-refractivity contribution in [2.45, 2.75) is 45.7 Å². The second-order valence-electron chi connectivity index (χ2n) is 5.13. The van der Waals surface area contributed by atoms with Crippen LogP contribution in [0.2, 0.25) is 0 Å². The molecule has 1 N–H and O–H groups in total. The van der Waals surface area contributed by atoms with Crippen molar-refractivity contribution in [2.24, 2.45) is 5.92 Å². The second kappa shape index (κ2) is 5.02. The molecule has 1 heterocycles. The fourth-order valence-corrected chi connectivity index (χ4v) is 2.18. The van der Waals surface area contributed by atoms with E-state index in [1.807, 2.05) is 13.8 Å². The Bertz CT molecular complexity index is 318. The van der Waals surface area contributed by atoms with Gasteiger partial charge in [0, 0.05) is 6.54 Å². The van der Waals surface area contributed by atoms with Crippen molar-refractivity contribution in [1.29, 1.82) is 0 Å². The normalized spacial score (nSPS) is 25.7. The van der Waals surface area contributed by atoms with E-state index in [0.717, 1.165) is 6.42 Å². The number of nitrogens with one attached hydrogen (secondary N) is 1. The van der Waals surface area contributed by atoms with Gasteiger partial charge in [-0.25, -0.2) is 4.39 Å². The van der Waals surface area contributed by atoms with E-state index in [4.69, 9.17) is 0 Å². The molecule has 0 radical (unpaired) electrons. The van der Waals surface area contributed by atoms with Gasteiger partial charge in [-0.1, -0.05) is 20.3 Å². The quantitative estimate of drug-likeness (QED) is 0.805.